The maximum atomic E-state index is 11.2. The van der Waals surface area contributed by atoms with Crippen LogP contribution in [0.1, 0.15) is 34.1 Å². The van der Waals surface area contributed by atoms with Gasteiger partial charge in [0.25, 0.3) is 0 Å². The predicted molar refractivity (Wildman–Crippen MR) is 76.8 cm³/mol. The molecule has 0 radical (unpaired) electrons. The van der Waals surface area contributed by atoms with E-state index >= 15 is 0 Å². The van der Waals surface area contributed by atoms with Crippen LogP contribution in [-0.2, 0) is 13.0 Å². The van der Waals surface area contributed by atoms with E-state index < -0.39 is 5.97 Å². The van der Waals surface area contributed by atoms with E-state index in [0.29, 0.717) is 12.1 Å². The van der Waals surface area contributed by atoms with Crippen LogP contribution in [0.15, 0.2) is 12.1 Å². The van der Waals surface area contributed by atoms with Crippen LogP contribution >= 0.6 is 0 Å². The zero-order valence-electron chi connectivity index (χ0n) is 11.7. The van der Waals surface area contributed by atoms with E-state index in [1.165, 1.54) is 0 Å². The minimum atomic E-state index is -0.875. The molecule has 2 aromatic rings. The van der Waals surface area contributed by atoms with Gasteiger partial charge < -0.3 is 15.4 Å². The molecule has 4 nitrogen and oxygen atoms in total. The van der Waals surface area contributed by atoms with Crippen molar-refractivity contribution in [1.82, 2.24) is 4.57 Å². The van der Waals surface area contributed by atoms with Gasteiger partial charge in [-0.1, -0.05) is 6.92 Å². The highest BCUT2D eigenvalue weighted by Gasteiger charge is 2.16. The zero-order chi connectivity index (χ0) is 14.2. The van der Waals surface area contributed by atoms with Crippen molar-refractivity contribution < 1.29 is 9.90 Å². The van der Waals surface area contributed by atoms with Gasteiger partial charge in [-0.25, -0.2) is 4.79 Å². The van der Waals surface area contributed by atoms with Crippen LogP contribution in [-0.4, -0.2) is 22.2 Å². The molecule has 3 N–H and O–H groups in total. The Kier molecular flexibility index (Phi) is 3.62. The molecule has 4 heteroatoms. The average Bonchev–Trinajstić information content (AvgIpc) is 2.63. The summed E-state index contributed by atoms with van der Waals surface area (Å²) >= 11 is 0. The monoisotopic (exact) mass is 260 g/mol. The van der Waals surface area contributed by atoms with Crippen LogP contribution in [0.25, 0.3) is 10.9 Å². The van der Waals surface area contributed by atoms with E-state index in [4.69, 9.17) is 5.73 Å². The summed E-state index contributed by atoms with van der Waals surface area (Å²) in [5.74, 6) is -0.875. The van der Waals surface area contributed by atoms with Gasteiger partial charge in [-0.3, -0.25) is 0 Å². The third-order valence-corrected chi connectivity index (χ3v) is 3.79. The quantitative estimate of drug-likeness (QED) is 0.887. The number of aromatic carboxylic acids is 1. The Morgan fingerprint density at radius 1 is 1.37 bits per heavy atom. The van der Waals surface area contributed by atoms with Crippen LogP contribution in [0, 0.1) is 13.8 Å². The van der Waals surface area contributed by atoms with Gasteiger partial charge in [-0.15, -0.1) is 0 Å². The van der Waals surface area contributed by atoms with Gasteiger partial charge >= 0.3 is 5.97 Å². The lowest BCUT2D eigenvalue weighted by Crippen LogP contribution is -2.12. The minimum absolute atomic E-state index is 0.359. The van der Waals surface area contributed by atoms with E-state index in [9.17, 15) is 9.90 Å². The highest BCUT2D eigenvalue weighted by molar-refractivity contribution is 5.97. The number of carboxylic acids is 1. The Hall–Kier alpha value is -1.81. The average molecular weight is 260 g/mol. The first-order chi connectivity index (χ1) is 9.01. The number of hydrogen-bond acceptors (Lipinski definition) is 2. The van der Waals surface area contributed by atoms with Gasteiger partial charge in [-0.05, 0) is 43.5 Å². The summed E-state index contributed by atoms with van der Waals surface area (Å²) in [6.07, 6.45) is 0.811. The molecule has 0 fully saturated rings. The SMILES string of the molecule is CCc1cc(C(=O)O)cc2c(C)c(C)n(CCN)c12. The summed E-state index contributed by atoms with van der Waals surface area (Å²) in [4.78, 5) is 11.2. The standard InChI is InChI=1S/C15H20N2O2/c1-4-11-7-12(15(18)19)8-13-9(2)10(3)17(6-5-16)14(11)13/h7-8H,4-6,16H2,1-3H3,(H,18,19). The molecule has 0 atom stereocenters. The normalized spacial score (nSPS) is 11.2. The highest BCUT2D eigenvalue weighted by atomic mass is 16.4. The van der Waals surface area contributed by atoms with Crippen molar-refractivity contribution in [3.63, 3.8) is 0 Å². The van der Waals surface area contributed by atoms with Crippen molar-refractivity contribution >= 4 is 16.9 Å². The fraction of sp³-hybridized carbons (Fsp3) is 0.400. The third kappa shape index (κ3) is 2.12. The van der Waals surface area contributed by atoms with Crippen molar-refractivity contribution in [2.24, 2.45) is 5.73 Å². The largest absolute Gasteiger partial charge is 0.478 e. The number of nitrogens with zero attached hydrogens (tertiary/aromatic N) is 1. The van der Waals surface area contributed by atoms with Gasteiger partial charge in [-0.2, -0.15) is 0 Å². The van der Waals surface area contributed by atoms with Gasteiger partial charge in [0.1, 0.15) is 0 Å². The predicted octanol–water partition coefficient (Wildman–Crippen LogP) is 2.48. The van der Waals surface area contributed by atoms with E-state index in [0.717, 1.165) is 40.7 Å². The van der Waals surface area contributed by atoms with Crippen LogP contribution in [0.3, 0.4) is 0 Å². The molecule has 19 heavy (non-hydrogen) atoms. The molecule has 1 aromatic heterocycles. The number of aryl methyl sites for hydroxylation is 2. The molecule has 0 aliphatic heterocycles. The number of benzene rings is 1. The first-order valence-electron chi connectivity index (χ1n) is 6.56. The van der Waals surface area contributed by atoms with Crippen molar-refractivity contribution in [1.29, 1.82) is 0 Å². The fourth-order valence-corrected chi connectivity index (χ4v) is 2.67. The van der Waals surface area contributed by atoms with Crippen molar-refractivity contribution in [3.05, 3.63) is 34.5 Å². The van der Waals surface area contributed by atoms with Crippen LogP contribution < -0.4 is 5.73 Å². The maximum absolute atomic E-state index is 11.2. The lowest BCUT2D eigenvalue weighted by Gasteiger charge is -2.10. The van der Waals surface area contributed by atoms with E-state index in [-0.39, 0.29) is 0 Å². The van der Waals surface area contributed by atoms with Gasteiger partial charge in [0.05, 0.1) is 11.1 Å². The maximum Gasteiger partial charge on any atom is 0.335 e. The molecule has 0 saturated carbocycles. The summed E-state index contributed by atoms with van der Waals surface area (Å²) in [6, 6.07) is 3.54. The Balaban J connectivity index is 2.85. The molecule has 0 bridgehead atoms. The lowest BCUT2D eigenvalue weighted by molar-refractivity contribution is 0.0697. The molecule has 2 rings (SSSR count). The topological polar surface area (TPSA) is 68.2 Å². The lowest BCUT2D eigenvalue weighted by atomic mass is 10.0. The van der Waals surface area contributed by atoms with Gasteiger partial charge in [0, 0.05) is 24.2 Å². The number of hydrogen-bond donors (Lipinski definition) is 2. The fourth-order valence-electron chi connectivity index (χ4n) is 2.67. The molecule has 0 aliphatic carbocycles. The van der Waals surface area contributed by atoms with Crippen LogP contribution in [0.2, 0.25) is 0 Å². The molecule has 0 spiro atoms. The molecule has 0 unspecified atom stereocenters. The second-order valence-corrected chi connectivity index (χ2v) is 4.84. The van der Waals surface area contributed by atoms with E-state index in [1.807, 2.05) is 13.8 Å². The van der Waals surface area contributed by atoms with Crippen molar-refractivity contribution in [2.75, 3.05) is 6.54 Å². The van der Waals surface area contributed by atoms with Crippen LogP contribution in [0.5, 0.6) is 0 Å². The minimum Gasteiger partial charge on any atom is -0.478 e. The molecular formula is C15H20N2O2. The number of aromatic nitrogens is 1. The summed E-state index contributed by atoms with van der Waals surface area (Å²) in [7, 11) is 0. The Morgan fingerprint density at radius 3 is 2.58 bits per heavy atom. The van der Waals surface area contributed by atoms with Gasteiger partial charge in [0.2, 0.25) is 0 Å². The molecule has 0 amide bonds. The number of carbonyl (C=O) groups is 1. The number of nitrogens with two attached hydrogens (primary N) is 1. The van der Waals surface area contributed by atoms with E-state index in [1.54, 1.807) is 12.1 Å². The first kappa shape index (κ1) is 13.6. The van der Waals surface area contributed by atoms with Crippen molar-refractivity contribution in [3.8, 4) is 0 Å². The van der Waals surface area contributed by atoms with Crippen LogP contribution in [0.4, 0.5) is 0 Å². The summed E-state index contributed by atoms with van der Waals surface area (Å²) in [5, 5.41) is 10.2. The first-order valence-corrected chi connectivity index (χ1v) is 6.56. The number of fused-ring (bicyclic) bond motifs is 1. The second-order valence-electron chi connectivity index (χ2n) is 4.84. The number of rotatable bonds is 4. The van der Waals surface area contributed by atoms with Gasteiger partial charge in [0.15, 0.2) is 0 Å². The van der Waals surface area contributed by atoms with Crippen molar-refractivity contribution in [2.45, 2.75) is 33.7 Å². The summed E-state index contributed by atoms with van der Waals surface area (Å²) in [6.45, 7) is 7.48. The molecule has 0 saturated heterocycles. The molecular weight excluding hydrogens is 240 g/mol. The second kappa shape index (κ2) is 5.05. The molecule has 1 heterocycles. The summed E-state index contributed by atoms with van der Waals surface area (Å²) in [5.41, 5.74) is 10.5. The Labute approximate surface area is 112 Å². The Bertz CT molecular complexity index is 641. The molecule has 1 aromatic carbocycles. The molecule has 0 aliphatic rings. The zero-order valence-corrected chi connectivity index (χ0v) is 11.7. The third-order valence-electron chi connectivity index (χ3n) is 3.79. The molecule has 102 valence electrons. The highest BCUT2D eigenvalue weighted by Crippen LogP contribution is 2.29. The Morgan fingerprint density at radius 2 is 2.05 bits per heavy atom. The number of carboxylic acid groups (broad SMARTS) is 1. The smallest absolute Gasteiger partial charge is 0.335 e. The summed E-state index contributed by atoms with van der Waals surface area (Å²) < 4.78 is 2.20. The van der Waals surface area contributed by atoms with E-state index in [2.05, 4.69) is 11.5 Å².